The molecule has 0 aliphatic rings. The zero-order valence-corrected chi connectivity index (χ0v) is 9.86. The van der Waals surface area contributed by atoms with E-state index < -0.39 is 0 Å². The number of rotatable bonds is 3. The fraction of sp³-hybridized carbons (Fsp3) is 0.300. The first-order chi connectivity index (χ1) is 7.04. The lowest BCUT2D eigenvalue weighted by atomic mass is 10.2. The maximum atomic E-state index is 11.7. The zero-order valence-electron chi connectivity index (χ0n) is 8.27. The van der Waals surface area contributed by atoms with E-state index in [1.54, 1.807) is 7.05 Å². The molecule has 1 amide bonds. The van der Waals surface area contributed by atoms with Crippen LogP contribution in [0.3, 0.4) is 0 Å². The normalized spacial score (nSPS) is 10.0. The van der Waals surface area contributed by atoms with Gasteiger partial charge in [0.1, 0.15) is 11.5 Å². The molecular formula is C10H12BrNO3. The Balaban J connectivity index is 2.90. The van der Waals surface area contributed by atoms with Crippen LogP contribution in [0.2, 0.25) is 0 Å². The molecule has 1 aromatic carbocycles. The van der Waals surface area contributed by atoms with Crippen LogP contribution in [-0.2, 0) is 0 Å². The summed E-state index contributed by atoms with van der Waals surface area (Å²) in [6.07, 6.45) is 0. The monoisotopic (exact) mass is 273 g/mol. The van der Waals surface area contributed by atoms with Gasteiger partial charge in [0.15, 0.2) is 0 Å². The highest BCUT2D eigenvalue weighted by Crippen LogP contribution is 2.21. The summed E-state index contributed by atoms with van der Waals surface area (Å²) >= 11 is 3.23. The number of amides is 1. The Morgan fingerprint density at radius 3 is 2.33 bits per heavy atom. The van der Waals surface area contributed by atoms with Crippen LogP contribution >= 0.6 is 15.9 Å². The number of alkyl halides is 1. The van der Waals surface area contributed by atoms with Gasteiger partial charge in [0.25, 0.3) is 5.91 Å². The molecule has 0 unspecified atom stereocenters. The number of phenolic OH excluding ortho intramolecular Hbond substituents is 2. The highest BCUT2D eigenvalue weighted by atomic mass is 79.9. The van der Waals surface area contributed by atoms with E-state index in [4.69, 9.17) is 0 Å². The third kappa shape index (κ3) is 3.13. The molecule has 82 valence electrons. The summed E-state index contributed by atoms with van der Waals surface area (Å²) in [6, 6.07) is 3.83. The Bertz CT molecular complexity index is 347. The fourth-order valence-corrected chi connectivity index (χ4v) is 1.70. The predicted octanol–water partition coefficient (Wildman–Crippen LogP) is 1.56. The van der Waals surface area contributed by atoms with E-state index in [-0.39, 0.29) is 23.0 Å². The molecule has 0 aromatic heterocycles. The largest absolute Gasteiger partial charge is 0.508 e. The zero-order chi connectivity index (χ0) is 11.4. The molecule has 0 atom stereocenters. The van der Waals surface area contributed by atoms with Gasteiger partial charge in [-0.1, -0.05) is 15.9 Å². The molecular weight excluding hydrogens is 262 g/mol. The van der Waals surface area contributed by atoms with Gasteiger partial charge in [-0.05, 0) is 12.1 Å². The smallest absolute Gasteiger partial charge is 0.253 e. The van der Waals surface area contributed by atoms with Crippen LogP contribution < -0.4 is 0 Å². The van der Waals surface area contributed by atoms with Crippen molar-refractivity contribution in [3.63, 3.8) is 0 Å². The maximum absolute atomic E-state index is 11.7. The van der Waals surface area contributed by atoms with Gasteiger partial charge in [0.05, 0.1) is 0 Å². The standard InChI is InChI=1S/C10H12BrNO3/c1-12(3-2-11)10(15)7-4-8(13)6-9(14)5-7/h4-6,13-14H,2-3H2,1H3. The number of carbonyl (C=O) groups is 1. The molecule has 0 saturated carbocycles. The van der Waals surface area contributed by atoms with Crippen LogP contribution in [0, 0.1) is 0 Å². The Hall–Kier alpha value is -1.23. The summed E-state index contributed by atoms with van der Waals surface area (Å²) in [5.41, 5.74) is 0.274. The quantitative estimate of drug-likeness (QED) is 0.822. The number of phenols is 2. The van der Waals surface area contributed by atoms with E-state index in [9.17, 15) is 15.0 Å². The topological polar surface area (TPSA) is 60.8 Å². The Kier molecular flexibility index (Phi) is 3.96. The van der Waals surface area contributed by atoms with Crippen LogP contribution in [0.4, 0.5) is 0 Å². The van der Waals surface area contributed by atoms with Crippen LogP contribution in [0.25, 0.3) is 0 Å². The van der Waals surface area contributed by atoms with Gasteiger partial charge in [0, 0.05) is 30.6 Å². The minimum atomic E-state index is -0.236. The first-order valence-electron chi connectivity index (χ1n) is 4.39. The second-order valence-electron chi connectivity index (χ2n) is 3.15. The van der Waals surface area contributed by atoms with Gasteiger partial charge < -0.3 is 15.1 Å². The Morgan fingerprint density at radius 1 is 1.33 bits per heavy atom. The molecule has 1 aromatic rings. The molecule has 0 bridgehead atoms. The summed E-state index contributed by atoms with van der Waals surface area (Å²) in [4.78, 5) is 13.2. The summed E-state index contributed by atoms with van der Waals surface area (Å²) < 4.78 is 0. The molecule has 0 heterocycles. The van der Waals surface area contributed by atoms with Crippen LogP contribution in [0.1, 0.15) is 10.4 Å². The number of nitrogens with zero attached hydrogens (tertiary/aromatic N) is 1. The van der Waals surface area contributed by atoms with Crippen molar-refractivity contribution in [2.75, 3.05) is 18.9 Å². The van der Waals surface area contributed by atoms with E-state index in [1.165, 1.54) is 23.1 Å². The van der Waals surface area contributed by atoms with Gasteiger partial charge in [-0.25, -0.2) is 0 Å². The molecule has 4 nitrogen and oxygen atoms in total. The first kappa shape index (κ1) is 11.8. The lowest BCUT2D eigenvalue weighted by molar-refractivity contribution is 0.0803. The van der Waals surface area contributed by atoms with Gasteiger partial charge in [-0.3, -0.25) is 4.79 Å². The molecule has 0 spiro atoms. The highest BCUT2D eigenvalue weighted by Gasteiger charge is 2.12. The van der Waals surface area contributed by atoms with E-state index >= 15 is 0 Å². The van der Waals surface area contributed by atoms with Crippen LogP contribution in [0.15, 0.2) is 18.2 Å². The van der Waals surface area contributed by atoms with Crippen molar-refractivity contribution in [1.29, 1.82) is 0 Å². The average molecular weight is 274 g/mol. The molecule has 0 radical (unpaired) electrons. The summed E-state index contributed by atoms with van der Waals surface area (Å²) in [5, 5.41) is 19.1. The number of hydrogen-bond donors (Lipinski definition) is 2. The fourth-order valence-electron chi connectivity index (χ4n) is 1.17. The molecule has 5 heteroatoms. The number of carbonyl (C=O) groups excluding carboxylic acids is 1. The minimum Gasteiger partial charge on any atom is -0.508 e. The summed E-state index contributed by atoms with van der Waals surface area (Å²) in [5.74, 6) is -0.475. The van der Waals surface area contributed by atoms with Crippen molar-refractivity contribution in [2.24, 2.45) is 0 Å². The van der Waals surface area contributed by atoms with Crippen molar-refractivity contribution in [3.8, 4) is 11.5 Å². The van der Waals surface area contributed by atoms with E-state index in [2.05, 4.69) is 15.9 Å². The summed E-state index contributed by atoms with van der Waals surface area (Å²) in [7, 11) is 1.66. The third-order valence-electron chi connectivity index (χ3n) is 1.92. The van der Waals surface area contributed by atoms with Crippen molar-refractivity contribution in [1.82, 2.24) is 4.90 Å². The predicted molar refractivity (Wildman–Crippen MR) is 60.5 cm³/mol. The second-order valence-corrected chi connectivity index (χ2v) is 3.95. The van der Waals surface area contributed by atoms with Gasteiger partial charge >= 0.3 is 0 Å². The van der Waals surface area contributed by atoms with E-state index in [1.807, 2.05) is 0 Å². The van der Waals surface area contributed by atoms with Gasteiger partial charge in [-0.2, -0.15) is 0 Å². The van der Waals surface area contributed by atoms with Gasteiger partial charge in [0.2, 0.25) is 0 Å². The minimum absolute atomic E-state index is 0.120. The molecule has 0 aliphatic carbocycles. The molecule has 1 rings (SSSR count). The number of aromatic hydroxyl groups is 2. The van der Waals surface area contributed by atoms with E-state index in [0.29, 0.717) is 11.9 Å². The molecule has 2 N–H and O–H groups in total. The van der Waals surface area contributed by atoms with Crippen molar-refractivity contribution >= 4 is 21.8 Å². The molecule has 0 aliphatic heterocycles. The molecule has 0 saturated heterocycles. The highest BCUT2D eigenvalue weighted by molar-refractivity contribution is 9.09. The third-order valence-corrected chi connectivity index (χ3v) is 2.27. The lowest BCUT2D eigenvalue weighted by Crippen LogP contribution is -2.28. The number of halogens is 1. The van der Waals surface area contributed by atoms with Crippen LogP contribution in [-0.4, -0.2) is 39.9 Å². The first-order valence-corrected chi connectivity index (χ1v) is 5.51. The number of benzene rings is 1. The van der Waals surface area contributed by atoms with Gasteiger partial charge in [-0.15, -0.1) is 0 Å². The Morgan fingerprint density at radius 2 is 1.87 bits per heavy atom. The average Bonchev–Trinajstić information content (AvgIpc) is 2.15. The van der Waals surface area contributed by atoms with Crippen molar-refractivity contribution in [2.45, 2.75) is 0 Å². The molecule has 0 fully saturated rings. The summed E-state index contributed by atoms with van der Waals surface area (Å²) in [6.45, 7) is 0.565. The van der Waals surface area contributed by atoms with E-state index in [0.717, 1.165) is 0 Å². The number of hydrogen-bond acceptors (Lipinski definition) is 3. The Labute approximate surface area is 96.3 Å². The lowest BCUT2D eigenvalue weighted by Gasteiger charge is -2.15. The SMILES string of the molecule is CN(CCBr)C(=O)c1cc(O)cc(O)c1. The molecule has 15 heavy (non-hydrogen) atoms. The van der Waals surface area contributed by atoms with Crippen molar-refractivity contribution < 1.29 is 15.0 Å². The maximum Gasteiger partial charge on any atom is 0.253 e. The van der Waals surface area contributed by atoms with Crippen LogP contribution in [0.5, 0.6) is 11.5 Å². The second kappa shape index (κ2) is 5.02. The van der Waals surface area contributed by atoms with Crippen molar-refractivity contribution in [3.05, 3.63) is 23.8 Å².